The summed E-state index contributed by atoms with van der Waals surface area (Å²) < 4.78 is 23.7. The lowest BCUT2D eigenvalue weighted by Crippen LogP contribution is -2.22. The van der Waals surface area contributed by atoms with Crippen molar-refractivity contribution < 1.29 is 13.2 Å². The maximum Gasteiger partial charge on any atom is 0.239 e. The van der Waals surface area contributed by atoms with Gasteiger partial charge in [-0.1, -0.05) is 53.4 Å². The molecule has 1 amide bonds. The molecule has 8 nitrogen and oxygen atoms in total. The Bertz CT molecular complexity index is 1400. The topological polar surface area (TPSA) is 128 Å². The van der Waals surface area contributed by atoms with E-state index in [1.807, 2.05) is 43.3 Å². The summed E-state index contributed by atoms with van der Waals surface area (Å²) in [4.78, 5) is 26.0. The lowest BCUT2D eigenvalue weighted by molar-refractivity contribution is -0.115. The molecule has 4 rings (SSSR count). The minimum absolute atomic E-state index is 0.00352. The van der Waals surface area contributed by atoms with Gasteiger partial charge in [-0.25, -0.2) is 28.5 Å². The molecule has 2 heterocycles. The molecule has 0 fully saturated rings. The van der Waals surface area contributed by atoms with Gasteiger partial charge in [-0.15, -0.1) is 0 Å². The zero-order chi connectivity index (χ0) is 22.9. The number of nitrogens with one attached hydrogen (secondary N) is 1. The molecule has 0 aliphatic heterocycles. The number of rotatable bonds is 6. The Labute approximate surface area is 193 Å². The summed E-state index contributed by atoms with van der Waals surface area (Å²) in [6.07, 6.45) is 0. The van der Waals surface area contributed by atoms with Gasteiger partial charge in [0, 0.05) is 5.56 Å². The summed E-state index contributed by atoms with van der Waals surface area (Å²) in [6, 6.07) is 16.0. The molecular formula is C21H19N5O3S3. The number of primary sulfonamides is 1. The minimum Gasteiger partial charge on any atom is -0.301 e. The van der Waals surface area contributed by atoms with Crippen molar-refractivity contribution in [1.82, 2.24) is 15.0 Å². The summed E-state index contributed by atoms with van der Waals surface area (Å²) >= 11 is 2.51. The number of carbonyl (C=O) groups excluding carboxylic acids is 1. The third-order valence-electron chi connectivity index (χ3n) is 4.47. The molecule has 0 spiro atoms. The van der Waals surface area contributed by atoms with E-state index in [9.17, 15) is 13.2 Å². The highest BCUT2D eigenvalue weighted by molar-refractivity contribution is 8.00. The van der Waals surface area contributed by atoms with Crippen LogP contribution in [0, 0.1) is 6.92 Å². The van der Waals surface area contributed by atoms with Crippen LogP contribution < -0.4 is 10.5 Å². The van der Waals surface area contributed by atoms with E-state index in [1.165, 1.54) is 35.2 Å². The van der Waals surface area contributed by atoms with Gasteiger partial charge in [0.2, 0.25) is 15.9 Å². The quantitative estimate of drug-likeness (QED) is 0.314. The number of nitrogens with two attached hydrogens (primary N) is 1. The van der Waals surface area contributed by atoms with Crippen LogP contribution in [0.3, 0.4) is 0 Å². The first-order chi connectivity index (χ1) is 15.2. The normalized spacial score (nSPS) is 12.6. The molecule has 2 aromatic heterocycles. The molecule has 1 atom stereocenters. The Morgan fingerprint density at radius 1 is 1.09 bits per heavy atom. The number of carbonyl (C=O) groups is 1. The number of fused-ring (bicyclic) bond motifs is 1. The second-order valence-corrected chi connectivity index (χ2v) is 10.9. The number of aryl methyl sites for hydroxylation is 1. The van der Waals surface area contributed by atoms with Crippen molar-refractivity contribution in [3.05, 3.63) is 60.4 Å². The van der Waals surface area contributed by atoms with Crippen LogP contribution in [0.1, 0.15) is 12.7 Å². The molecule has 2 aromatic carbocycles. The second kappa shape index (κ2) is 8.94. The molecule has 32 heavy (non-hydrogen) atoms. The number of hydrogen-bond acceptors (Lipinski definition) is 8. The number of nitrogens with zero attached hydrogens (tertiary/aromatic N) is 3. The van der Waals surface area contributed by atoms with E-state index in [1.54, 1.807) is 13.0 Å². The molecular weight excluding hydrogens is 466 g/mol. The summed E-state index contributed by atoms with van der Waals surface area (Å²) in [5.74, 6) is 0.386. The van der Waals surface area contributed by atoms with Crippen LogP contribution in [-0.4, -0.2) is 34.5 Å². The predicted molar refractivity (Wildman–Crippen MR) is 127 cm³/mol. The van der Waals surface area contributed by atoms with Gasteiger partial charge < -0.3 is 5.32 Å². The van der Waals surface area contributed by atoms with Crippen LogP contribution in [0.5, 0.6) is 0 Å². The fourth-order valence-electron chi connectivity index (χ4n) is 2.93. The van der Waals surface area contributed by atoms with Crippen molar-refractivity contribution in [2.75, 3.05) is 5.32 Å². The fourth-order valence-corrected chi connectivity index (χ4v) is 5.35. The molecule has 164 valence electrons. The molecule has 11 heteroatoms. The Morgan fingerprint density at radius 2 is 1.84 bits per heavy atom. The Hall–Kier alpha value is -2.86. The number of thioether (sulfide) groups is 1. The zero-order valence-corrected chi connectivity index (χ0v) is 19.6. The smallest absolute Gasteiger partial charge is 0.239 e. The molecule has 0 saturated heterocycles. The van der Waals surface area contributed by atoms with Crippen molar-refractivity contribution in [3.63, 3.8) is 0 Å². The van der Waals surface area contributed by atoms with Crippen molar-refractivity contribution in [2.45, 2.75) is 29.0 Å². The highest BCUT2D eigenvalue weighted by Gasteiger charge is 2.19. The predicted octanol–water partition coefficient (Wildman–Crippen LogP) is 3.83. The van der Waals surface area contributed by atoms with Crippen molar-refractivity contribution in [3.8, 4) is 11.3 Å². The SMILES string of the molecule is Cc1nc(SC(C)C(=O)Nc2nc3ccc(S(N)(=O)=O)cc3s2)cc(-c2ccccc2)n1. The highest BCUT2D eigenvalue weighted by atomic mass is 32.2. The minimum atomic E-state index is -3.81. The number of sulfonamides is 1. The monoisotopic (exact) mass is 485 g/mol. The van der Waals surface area contributed by atoms with E-state index in [0.29, 0.717) is 26.2 Å². The summed E-state index contributed by atoms with van der Waals surface area (Å²) in [6.45, 7) is 3.60. The lowest BCUT2D eigenvalue weighted by Gasteiger charge is -2.11. The van der Waals surface area contributed by atoms with Gasteiger partial charge in [0.05, 0.1) is 26.1 Å². The second-order valence-electron chi connectivity index (χ2n) is 6.95. The van der Waals surface area contributed by atoms with Gasteiger partial charge in [0.15, 0.2) is 5.13 Å². The summed E-state index contributed by atoms with van der Waals surface area (Å²) in [5, 5.41) is 8.61. The third kappa shape index (κ3) is 5.13. The van der Waals surface area contributed by atoms with E-state index in [-0.39, 0.29) is 10.8 Å². The van der Waals surface area contributed by atoms with Crippen LogP contribution in [0.2, 0.25) is 0 Å². The number of hydrogen-bond donors (Lipinski definition) is 2. The number of amides is 1. The first-order valence-electron chi connectivity index (χ1n) is 9.51. The largest absolute Gasteiger partial charge is 0.301 e. The van der Waals surface area contributed by atoms with Crippen LogP contribution in [0.25, 0.3) is 21.5 Å². The molecule has 4 aromatic rings. The maximum absolute atomic E-state index is 12.7. The van der Waals surface area contributed by atoms with Crippen molar-refractivity contribution in [1.29, 1.82) is 0 Å². The number of anilines is 1. The van der Waals surface area contributed by atoms with Gasteiger partial charge >= 0.3 is 0 Å². The summed E-state index contributed by atoms with van der Waals surface area (Å²) in [7, 11) is -3.81. The molecule has 0 aliphatic rings. The van der Waals surface area contributed by atoms with Gasteiger partial charge in [0.1, 0.15) is 10.9 Å². The van der Waals surface area contributed by atoms with Crippen LogP contribution in [0.4, 0.5) is 5.13 Å². The van der Waals surface area contributed by atoms with E-state index >= 15 is 0 Å². The Balaban J connectivity index is 1.49. The number of benzene rings is 2. The maximum atomic E-state index is 12.7. The first kappa shape index (κ1) is 22.3. The van der Waals surface area contributed by atoms with Gasteiger partial charge in [0.25, 0.3) is 0 Å². The van der Waals surface area contributed by atoms with Gasteiger partial charge in [-0.05, 0) is 38.1 Å². The standard InChI is InChI=1S/C21H19N5O3S3/c1-12(30-19-11-17(23-13(2)24-19)14-6-4-3-5-7-14)20(27)26-21-25-16-9-8-15(32(22,28)29)10-18(16)31-21/h3-12H,1-2H3,(H2,22,28,29)(H,25,26,27). The van der Waals surface area contributed by atoms with E-state index in [0.717, 1.165) is 11.3 Å². The van der Waals surface area contributed by atoms with Gasteiger partial charge in [-0.3, -0.25) is 4.79 Å². The molecule has 0 aliphatic carbocycles. The molecule has 3 N–H and O–H groups in total. The van der Waals surface area contributed by atoms with Crippen molar-refractivity contribution in [2.24, 2.45) is 5.14 Å². The van der Waals surface area contributed by atoms with Crippen LogP contribution >= 0.6 is 23.1 Å². The Morgan fingerprint density at radius 3 is 2.56 bits per heavy atom. The number of thiazole rings is 1. The summed E-state index contributed by atoms with van der Waals surface area (Å²) in [5.41, 5.74) is 2.35. The van der Waals surface area contributed by atoms with E-state index < -0.39 is 15.3 Å². The molecule has 0 radical (unpaired) electrons. The third-order valence-corrected chi connectivity index (χ3v) is 7.33. The van der Waals surface area contributed by atoms with Crippen LogP contribution in [0.15, 0.2) is 64.5 Å². The van der Waals surface area contributed by atoms with Crippen LogP contribution in [-0.2, 0) is 14.8 Å². The first-order valence-corrected chi connectivity index (χ1v) is 12.8. The van der Waals surface area contributed by atoms with Crippen molar-refractivity contribution >= 4 is 54.4 Å². The van der Waals surface area contributed by atoms with Gasteiger partial charge in [-0.2, -0.15) is 0 Å². The number of aromatic nitrogens is 3. The lowest BCUT2D eigenvalue weighted by atomic mass is 10.1. The molecule has 1 unspecified atom stereocenters. The zero-order valence-electron chi connectivity index (χ0n) is 17.1. The Kier molecular flexibility index (Phi) is 6.24. The average Bonchev–Trinajstić information content (AvgIpc) is 3.14. The van der Waals surface area contributed by atoms with E-state index in [4.69, 9.17) is 5.14 Å². The average molecular weight is 486 g/mol. The van der Waals surface area contributed by atoms with E-state index in [2.05, 4.69) is 20.3 Å². The molecule has 0 saturated carbocycles. The highest BCUT2D eigenvalue weighted by Crippen LogP contribution is 2.30. The fraction of sp³-hybridized carbons (Fsp3) is 0.143. The molecule has 0 bridgehead atoms.